The van der Waals surface area contributed by atoms with E-state index >= 15 is 0 Å². The molecule has 2 aromatic rings. The van der Waals surface area contributed by atoms with Gasteiger partial charge in [-0.1, -0.05) is 0 Å². The molecule has 1 saturated heterocycles. The predicted molar refractivity (Wildman–Crippen MR) is 95.2 cm³/mol. The first-order valence-electron chi connectivity index (χ1n) is 8.91. The van der Waals surface area contributed by atoms with Gasteiger partial charge in [0.25, 0.3) is 0 Å². The van der Waals surface area contributed by atoms with Gasteiger partial charge in [0.1, 0.15) is 24.1 Å². The van der Waals surface area contributed by atoms with E-state index in [0.717, 1.165) is 0 Å². The molecule has 150 valence electrons. The Hall–Kier alpha value is -1.89. The van der Waals surface area contributed by atoms with Crippen LogP contribution < -0.4 is 11.5 Å². The smallest absolute Gasteiger partial charge is 0.167 e. The summed E-state index contributed by atoms with van der Waals surface area (Å²) in [6.45, 7) is -0.277. The average Bonchev–Trinajstić information content (AvgIpc) is 3.19. The third-order valence-corrected chi connectivity index (χ3v) is 4.86. The summed E-state index contributed by atoms with van der Waals surface area (Å²) in [5.74, 6) is 0.218. The number of anilines is 1. The summed E-state index contributed by atoms with van der Waals surface area (Å²) < 4.78 is 7.37. The second kappa shape index (κ2) is 8.42. The van der Waals surface area contributed by atoms with Gasteiger partial charge in [-0.3, -0.25) is 4.57 Å². The average molecular weight is 382 g/mol. The van der Waals surface area contributed by atoms with E-state index in [1.165, 1.54) is 17.2 Å². The van der Waals surface area contributed by atoms with Crippen LogP contribution in [0.25, 0.3) is 11.2 Å². The van der Waals surface area contributed by atoms with Crippen LogP contribution >= 0.6 is 0 Å². The highest BCUT2D eigenvalue weighted by Crippen LogP contribution is 2.33. The van der Waals surface area contributed by atoms with Gasteiger partial charge < -0.3 is 36.6 Å². The molecule has 3 heterocycles. The second-order valence-electron chi connectivity index (χ2n) is 6.89. The maximum Gasteiger partial charge on any atom is 0.167 e. The van der Waals surface area contributed by atoms with Gasteiger partial charge in [0.15, 0.2) is 17.7 Å². The van der Waals surface area contributed by atoms with E-state index < -0.39 is 30.6 Å². The highest BCUT2D eigenvalue weighted by Gasteiger charge is 2.44. The van der Waals surface area contributed by atoms with Crippen LogP contribution in [0.4, 0.5) is 5.82 Å². The minimum absolute atomic E-state index is 0.218. The Balaban J connectivity index is 1.64. The van der Waals surface area contributed by atoms with Crippen molar-refractivity contribution >= 4 is 17.0 Å². The molecule has 11 nitrogen and oxygen atoms in total. The Kier molecular flexibility index (Phi) is 6.19. The van der Waals surface area contributed by atoms with Crippen molar-refractivity contribution < 1.29 is 25.2 Å². The van der Waals surface area contributed by atoms with Gasteiger partial charge >= 0.3 is 0 Å². The highest BCUT2D eigenvalue weighted by molar-refractivity contribution is 5.81. The summed E-state index contributed by atoms with van der Waals surface area (Å²) in [5.41, 5.74) is 12.7. The summed E-state index contributed by atoms with van der Waals surface area (Å²) in [7, 11) is 0. The van der Waals surface area contributed by atoms with E-state index in [-0.39, 0.29) is 18.5 Å². The fourth-order valence-corrected chi connectivity index (χ4v) is 3.33. The quantitative estimate of drug-likeness (QED) is 0.306. The zero-order chi connectivity index (χ0) is 19.6. The Morgan fingerprint density at radius 3 is 2.70 bits per heavy atom. The largest absolute Gasteiger partial charge is 0.394 e. The number of nitrogen functional groups attached to an aromatic ring is 1. The molecule has 11 heteroatoms. The van der Waals surface area contributed by atoms with Crippen LogP contribution in [0.15, 0.2) is 12.7 Å². The lowest BCUT2D eigenvalue weighted by atomic mass is 9.99. The van der Waals surface area contributed by atoms with Gasteiger partial charge in [-0.05, 0) is 25.7 Å². The van der Waals surface area contributed by atoms with Crippen molar-refractivity contribution in [3.63, 3.8) is 0 Å². The maximum absolute atomic E-state index is 10.4. The van der Waals surface area contributed by atoms with Crippen molar-refractivity contribution in [1.29, 1.82) is 0 Å². The van der Waals surface area contributed by atoms with Gasteiger partial charge in [0, 0.05) is 6.04 Å². The van der Waals surface area contributed by atoms with Crippen LogP contribution in [0, 0.1) is 0 Å². The molecule has 0 bridgehead atoms. The molecular formula is C16H26N6O5. The van der Waals surface area contributed by atoms with Crippen LogP contribution in [-0.2, 0) is 4.74 Å². The minimum Gasteiger partial charge on any atom is -0.394 e. The summed E-state index contributed by atoms with van der Waals surface area (Å²) in [4.78, 5) is 12.1. The van der Waals surface area contributed by atoms with E-state index in [2.05, 4.69) is 15.0 Å². The van der Waals surface area contributed by atoms with Gasteiger partial charge in [0.2, 0.25) is 0 Å². The number of imidazole rings is 1. The lowest BCUT2D eigenvalue weighted by Crippen LogP contribution is -2.35. The number of ether oxygens (including phenoxy) is 1. The maximum atomic E-state index is 10.4. The lowest BCUT2D eigenvalue weighted by Gasteiger charge is -2.19. The molecule has 0 aromatic carbocycles. The molecule has 1 fully saturated rings. The molecule has 0 amide bonds. The minimum atomic E-state index is -1.17. The predicted octanol–water partition coefficient (Wildman–Crippen LogP) is -1.73. The van der Waals surface area contributed by atoms with Crippen molar-refractivity contribution in [3.8, 4) is 0 Å². The van der Waals surface area contributed by atoms with E-state index in [9.17, 15) is 15.3 Å². The number of aliphatic hydroxyl groups excluding tert-OH is 4. The lowest BCUT2D eigenvalue weighted by molar-refractivity contribution is -0.0388. The number of nitrogens with zero attached hydrogens (tertiary/aromatic N) is 4. The normalized spacial score (nSPS) is 27.9. The number of rotatable bonds is 8. The van der Waals surface area contributed by atoms with Crippen LogP contribution in [0.5, 0.6) is 0 Å². The van der Waals surface area contributed by atoms with Gasteiger partial charge in [-0.2, -0.15) is 0 Å². The topological polar surface area (TPSA) is 186 Å². The summed E-state index contributed by atoms with van der Waals surface area (Å²) in [5, 5.41) is 39.0. The monoisotopic (exact) mass is 382 g/mol. The van der Waals surface area contributed by atoms with Crippen LogP contribution in [0.2, 0.25) is 0 Å². The number of fused-ring (bicyclic) bond motifs is 1. The van der Waals surface area contributed by atoms with Crippen molar-refractivity contribution in [1.82, 2.24) is 19.5 Å². The van der Waals surface area contributed by atoms with E-state index in [4.69, 9.17) is 21.3 Å². The Morgan fingerprint density at radius 1 is 1.19 bits per heavy atom. The molecule has 0 aliphatic carbocycles. The number of aliphatic hydroxyl groups is 4. The third-order valence-electron chi connectivity index (χ3n) is 4.86. The van der Waals surface area contributed by atoms with Gasteiger partial charge in [-0.25, -0.2) is 15.0 Å². The fraction of sp³-hybridized carbons (Fsp3) is 0.688. The molecule has 0 unspecified atom stereocenters. The summed E-state index contributed by atoms with van der Waals surface area (Å²) in [6.07, 6.45) is 0.207. The van der Waals surface area contributed by atoms with E-state index in [1.807, 2.05) is 0 Å². The van der Waals surface area contributed by atoms with Crippen LogP contribution in [0.3, 0.4) is 0 Å². The first-order chi connectivity index (χ1) is 12.9. The van der Waals surface area contributed by atoms with Crippen molar-refractivity contribution in [2.24, 2.45) is 5.73 Å². The van der Waals surface area contributed by atoms with Crippen LogP contribution in [0.1, 0.15) is 31.9 Å². The summed E-state index contributed by atoms with van der Waals surface area (Å²) >= 11 is 0. The Morgan fingerprint density at radius 2 is 1.96 bits per heavy atom. The first-order valence-corrected chi connectivity index (χ1v) is 8.91. The third kappa shape index (κ3) is 4.18. The van der Waals surface area contributed by atoms with Gasteiger partial charge in [0.05, 0.1) is 25.1 Å². The van der Waals surface area contributed by atoms with Crippen molar-refractivity contribution in [2.75, 3.05) is 12.3 Å². The molecule has 1 aliphatic heterocycles. The van der Waals surface area contributed by atoms with Crippen molar-refractivity contribution in [2.45, 2.75) is 62.4 Å². The molecule has 3 rings (SSSR count). The number of hydrogen-bond donors (Lipinski definition) is 6. The molecule has 2 aromatic heterocycles. The van der Waals surface area contributed by atoms with Gasteiger partial charge in [-0.15, -0.1) is 0 Å². The molecule has 8 N–H and O–H groups in total. The number of hydrogen-bond acceptors (Lipinski definition) is 10. The molecular weight excluding hydrogens is 356 g/mol. The highest BCUT2D eigenvalue weighted by atomic mass is 16.6. The van der Waals surface area contributed by atoms with E-state index in [0.29, 0.717) is 36.8 Å². The molecule has 1 aliphatic rings. The first kappa shape index (κ1) is 19.9. The standard InChI is InChI=1S/C16H26N6O5/c17-8(2-1-3-9(24)5-23)4-10-12(25)13(26)16(27-10)22-7-21-11-14(18)19-6-20-15(11)22/h6-10,12-13,16,23-26H,1-5,17H2,(H2,18,19,20)/t8-,9+,10+,12+,13+,16+/m0/s1. The summed E-state index contributed by atoms with van der Waals surface area (Å²) in [6, 6.07) is -0.279. The molecule has 6 atom stereocenters. The van der Waals surface area contributed by atoms with Crippen molar-refractivity contribution in [3.05, 3.63) is 12.7 Å². The molecule has 27 heavy (non-hydrogen) atoms. The number of aromatic nitrogens is 4. The molecule has 0 spiro atoms. The zero-order valence-electron chi connectivity index (χ0n) is 14.8. The fourth-order valence-electron chi connectivity index (χ4n) is 3.33. The Bertz CT molecular complexity index is 758. The SMILES string of the molecule is Nc1ncnc2c1ncn2[C@@H]1O[C@H](C[C@@H](N)CCC[C@@H](O)CO)[C@@H](O)[C@H]1O. The van der Waals surface area contributed by atoms with E-state index in [1.54, 1.807) is 0 Å². The second-order valence-corrected chi connectivity index (χ2v) is 6.89. The molecule has 0 radical (unpaired) electrons. The zero-order valence-corrected chi connectivity index (χ0v) is 14.8. The Labute approximate surface area is 155 Å². The number of nitrogens with two attached hydrogens (primary N) is 2. The molecule has 0 saturated carbocycles. The van der Waals surface area contributed by atoms with Crippen LogP contribution in [-0.4, -0.2) is 77.0 Å².